The molecule has 74 valence electrons. The van der Waals surface area contributed by atoms with Gasteiger partial charge in [0.2, 0.25) is 0 Å². The highest BCUT2D eigenvalue weighted by molar-refractivity contribution is 7.11. The molecule has 1 heterocycles. The van der Waals surface area contributed by atoms with Gasteiger partial charge in [0, 0.05) is 16.3 Å². The van der Waals surface area contributed by atoms with E-state index in [1.54, 1.807) is 0 Å². The van der Waals surface area contributed by atoms with Gasteiger partial charge in [0.05, 0.1) is 6.10 Å². The predicted molar refractivity (Wildman–Crippen MR) is 57.1 cm³/mol. The molecule has 1 rings (SSSR count). The lowest BCUT2D eigenvalue weighted by Crippen LogP contribution is -2.19. The lowest BCUT2D eigenvalue weighted by Gasteiger charge is -2.04. The molecule has 1 aromatic rings. The Morgan fingerprint density at radius 1 is 1.46 bits per heavy atom. The van der Waals surface area contributed by atoms with Crippen LogP contribution in [0, 0.1) is 0 Å². The van der Waals surface area contributed by atoms with Gasteiger partial charge in [-0.25, -0.2) is 0 Å². The minimum absolute atomic E-state index is 0.341. The van der Waals surface area contributed by atoms with E-state index in [-0.39, 0.29) is 6.10 Å². The standard InChI is InChI=1S/C10H17NOS/c1-2-9-5-6-10(13-9)4-3-8(12)7-11/h5-6,8,12H,2-4,7,11H2,1H3. The van der Waals surface area contributed by atoms with E-state index >= 15 is 0 Å². The maximum Gasteiger partial charge on any atom is 0.0665 e. The Hall–Kier alpha value is -0.380. The summed E-state index contributed by atoms with van der Waals surface area (Å²) < 4.78 is 0. The molecule has 0 spiro atoms. The number of aryl methyl sites for hydroxylation is 2. The Morgan fingerprint density at radius 2 is 2.15 bits per heavy atom. The molecule has 0 amide bonds. The molecule has 0 saturated carbocycles. The van der Waals surface area contributed by atoms with E-state index in [1.165, 1.54) is 9.75 Å². The van der Waals surface area contributed by atoms with E-state index in [4.69, 9.17) is 5.73 Å². The number of aliphatic hydroxyl groups excluding tert-OH is 1. The zero-order chi connectivity index (χ0) is 9.68. The molecule has 1 unspecified atom stereocenters. The van der Waals surface area contributed by atoms with Gasteiger partial charge in [0.1, 0.15) is 0 Å². The number of hydrogen-bond acceptors (Lipinski definition) is 3. The molecule has 1 atom stereocenters. The SMILES string of the molecule is CCc1ccc(CCC(O)CN)s1. The second-order valence-electron chi connectivity index (χ2n) is 3.15. The summed E-state index contributed by atoms with van der Waals surface area (Å²) in [4.78, 5) is 2.77. The average Bonchev–Trinajstić information content (AvgIpc) is 2.61. The van der Waals surface area contributed by atoms with E-state index in [0.29, 0.717) is 6.54 Å². The molecular weight excluding hydrogens is 182 g/mol. The maximum absolute atomic E-state index is 9.26. The van der Waals surface area contributed by atoms with Crippen molar-refractivity contribution in [2.45, 2.75) is 32.3 Å². The van der Waals surface area contributed by atoms with Gasteiger partial charge in [-0.15, -0.1) is 11.3 Å². The largest absolute Gasteiger partial charge is 0.392 e. The second kappa shape index (κ2) is 5.37. The molecule has 0 fully saturated rings. The summed E-state index contributed by atoms with van der Waals surface area (Å²) in [6.07, 6.45) is 2.49. The van der Waals surface area contributed by atoms with Crippen molar-refractivity contribution in [2.24, 2.45) is 5.73 Å². The average molecular weight is 199 g/mol. The molecule has 0 aromatic carbocycles. The van der Waals surface area contributed by atoms with Crippen LogP contribution in [0.5, 0.6) is 0 Å². The van der Waals surface area contributed by atoms with Crippen LogP contribution in [0.2, 0.25) is 0 Å². The van der Waals surface area contributed by atoms with Crippen molar-refractivity contribution in [3.8, 4) is 0 Å². The van der Waals surface area contributed by atoms with Crippen LogP contribution in [0.1, 0.15) is 23.1 Å². The highest BCUT2D eigenvalue weighted by atomic mass is 32.1. The van der Waals surface area contributed by atoms with Gasteiger partial charge in [0.15, 0.2) is 0 Å². The van der Waals surface area contributed by atoms with Crippen LogP contribution in [-0.4, -0.2) is 17.8 Å². The fourth-order valence-electron chi connectivity index (χ4n) is 1.17. The molecule has 0 saturated heterocycles. The third-order valence-electron chi connectivity index (χ3n) is 2.06. The maximum atomic E-state index is 9.26. The summed E-state index contributed by atoms with van der Waals surface area (Å²) in [6.45, 7) is 2.52. The van der Waals surface area contributed by atoms with Crippen molar-refractivity contribution in [3.05, 3.63) is 21.9 Å². The van der Waals surface area contributed by atoms with Crippen LogP contribution < -0.4 is 5.73 Å². The molecule has 0 bridgehead atoms. The number of hydrogen-bond donors (Lipinski definition) is 2. The summed E-state index contributed by atoms with van der Waals surface area (Å²) in [5, 5.41) is 9.26. The van der Waals surface area contributed by atoms with E-state index < -0.39 is 0 Å². The molecule has 0 aliphatic carbocycles. The van der Waals surface area contributed by atoms with Gasteiger partial charge >= 0.3 is 0 Å². The van der Waals surface area contributed by atoms with Crippen LogP contribution >= 0.6 is 11.3 Å². The van der Waals surface area contributed by atoms with Crippen LogP contribution in [0.25, 0.3) is 0 Å². The van der Waals surface area contributed by atoms with E-state index in [1.807, 2.05) is 11.3 Å². The van der Waals surface area contributed by atoms with Crippen molar-refractivity contribution in [2.75, 3.05) is 6.54 Å². The van der Waals surface area contributed by atoms with Crippen molar-refractivity contribution in [1.82, 2.24) is 0 Å². The van der Waals surface area contributed by atoms with Crippen molar-refractivity contribution >= 4 is 11.3 Å². The van der Waals surface area contributed by atoms with Gasteiger partial charge in [0.25, 0.3) is 0 Å². The Kier molecular flexibility index (Phi) is 4.42. The third kappa shape index (κ3) is 3.46. The summed E-state index contributed by atoms with van der Waals surface area (Å²) in [6, 6.07) is 4.31. The summed E-state index contributed by atoms with van der Waals surface area (Å²) >= 11 is 1.83. The van der Waals surface area contributed by atoms with Gasteiger partial charge in [-0.05, 0) is 31.4 Å². The van der Waals surface area contributed by atoms with Crippen LogP contribution in [-0.2, 0) is 12.8 Å². The summed E-state index contributed by atoms with van der Waals surface area (Å²) in [7, 11) is 0. The first-order valence-corrected chi connectivity index (χ1v) is 5.53. The predicted octanol–water partition coefficient (Wildman–Crippen LogP) is 1.56. The number of thiophene rings is 1. The van der Waals surface area contributed by atoms with Gasteiger partial charge in [-0.1, -0.05) is 6.92 Å². The zero-order valence-corrected chi connectivity index (χ0v) is 8.81. The van der Waals surface area contributed by atoms with Gasteiger partial charge < -0.3 is 10.8 Å². The Balaban J connectivity index is 2.36. The van der Waals surface area contributed by atoms with Gasteiger partial charge in [-0.2, -0.15) is 0 Å². The molecule has 0 aliphatic rings. The minimum Gasteiger partial charge on any atom is -0.392 e. The Labute approximate surface area is 83.4 Å². The topological polar surface area (TPSA) is 46.2 Å². The number of rotatable bonds is 5. The highest BCUT2D eigenvalue weighted by Crippen LogP contribution is 2.18. The van der Waals surface area contributed by atoms with Crippen LogP contribution in [0.4, 0.5) is 0 Å². The zero-order valence-electron chi connectivity index (χ0n) is 7.99. The quantitative estimate of drug-likeness (QED) is 0.756. The van der Waals surface area contributed by atoms with Crippen molar-refractivity contribution in [3.63, 3.8) is 0 Å². The first-order chi connectivity index (χ1) is 6.26. The van der Waals surface area contributed by atoms with E-state index in [2.05, 4.69) is 19.1 Å². The summed E-state index contributed by atoms with van der Waals surface area (Å²) in [5.41, 5.74) is 5.32. The summed E-state index contributed by atoms with van der Waals surface area (Å²) in [5.74, 6) is 0. The fraction of sp³-hybridized carbons (Fsp3) is 0.600. The lowest BCUT2D eigenvalue weighted by molar-refractivity contribution is 0.173. The molecule has 0 radical (unpaired) electrons. The lowest BCUT2D eigenvalue weighted by atomic mass is 10.2. The fourth-order valence-corrected chi connectivity index (χ4v) is 2.15. The molecule has 2 nitrogen and oxygen atoms in total. The van der Waals surface area contributed by atoms with E-state index in [0.717, 1.165) is 19.3 Å². The van der Waals surface area contributed by atoms with Crippen LogP contribution in [0.3, 0.4) is 0 Å². The molecule has 3 N–H and O–H groups in total. The van der Waals surface area contributed by atoms with Crippen molar-refractivity contribution in [1.29, 1.82) is 0 Å². The van der Waals surface area contributed by atoms with Crippen LogP contribution in [0.15, 0.2) is 12.1 Å². The molecule has 13 heavy (non-hydrogen) atoms. The van der Waals surface area contributed by atoms with E-state index in [9.17, 15) is 5.11 Å². The van der Waals surface area contributed by atoms with Crippen molar-refractivity contribution < 1.29 is 5.11 Å². The first kappa shape index (κ1) is 10.7. The Bertz CT molecular complexity index is 247. The molecule has 1 aromatic heterocycles. The minimum atomic E-state index is -0.341. The highest BCUT2D eigenvalue weighted by Gasteiger charge is 2.03. The number of nitrogens with two attached hydrogens (primary N) is 1. The second-order valence-corrected chi connectivity index (χ2v) is 4.40. The molecule has 3 heteroatoms. The molecular formula is C10H17NOS. The third-order valence-corrected chi connectivity index (χ3v) is 3.35. The van der Waals surface area contributed by atoms with Gasteiger partial charge in [-0.3, -0.25) is 0 Å². The monoisotopic (exact) mass is 199 g/mol. The molecule has 0 aliphatic heterocycles. The Morgan fingerprint density at radius 3 is 2.69 bits per heavy atom. The first-order valence-electron chi connectivity index (χ1n) is 4.72. The normalized spacial score (nSPS) is 13.2. The smallest absolute Gasteiger partial charge is 0.0665 e. The number of aliphatic hydroxyl groups is 1.